The molecule has 104 valence electrons. The van der Waals surface area contributed by atoms with Gasteiger partial charge in [-0.3, -0.25) is 4.79 Å². The molecule has 0 radical (unpaired) electrons. The van der Waals surface area contributed by atoms with Gasteiger partial charge in [0, 0.05) is 28.1 Å². The zero-order valence-electron chi connectivity index (χ0n) is 11.2. The lowest BCUT2D eigenvalue weighted by Gasteiger charge is -2.19. The molecular formula is C14H19FN2OS. The van der Waals surface area contributed by atoms with E-state index in [9.17, 15) is 9.18 Å². The summed E-state index contributed by atoms with van der Waals surface area (Å²) in [4.78, 5) is 12.1. The maximum Gasteiger partial charge on any atom is 0.251 e. The molecule has 2 unspecified atom stereocenters. The highest BCUT2D eigenvalue weighted by molar-refractivity contribution is 7.99. The fourth-order valence-electron chi connectivity index (χ4n) is 2.46. The Labute approximate surface area is 117 Å². The molecule has 1 fully saturated rings. The number of anilines is 1. The summed E-state index contributed by atoms with van der Waals surface area (Å²) >= 11 is 1.77. The largest absolute Gasteiger partial charge is 0.398 e. The van der Waals surface area contributed by atoms with E-state index < -0.39 is 5.82 Å². The predicted molar refractivity (Wildman–Crippen MR) is 78.0 cm³/mol. The first kappa shape index (κ1) is 14.2. The van der Waals surface area contributed by atoms with Crippen LogP contribution in [-0.2, 0) is 0 Å². The Balaban J connectivity index is 2.12. The van der Waals surface area contributed by atoms with Gasteiger partial charge in [-0.25, -0.2) is 4.39 Å². The lowest BCUT2D eigenvalue weighted by Crippen LogP contribution is -2.38. The first-order valence-electron chi connectivity index (χ1n) is 6.42. The van der Waals surface area contributed by atoms with Crippen molar-refractivity contribution in [1.82, 2.24) is 5.32 Å². The molecule has 19 heavy (non-hydrogen) atoms. The lowest BCUT2D eigenvalue weighted by atomic mass is 10.1. The molecule has 1 aromatic carbocycles. The Morgan fingerprint density at radius 2 is 2.21 bits per heavy atom. The number of hydrogen-bond donors (Lipinski definition) is 2. The van der Waals surface area contributed by atoms with Crippen LogP contribution in [0.3, 0.4) is 0 Å². The predicted octanol–water partition coefficient (Wildman–Crippen LogP) is 2.73. The van der Waals surface area contributed by atoms with Crippen LogP contribution in [0.4, 0.5) is 10.1 Å². The number of rotatable bonds is 3. The highest BCUT2D eigenvalue weighted by atomic mass is 32.2. The van der Waals surface area contributed by atoms with Gasteiger partial charge in [-0.1, -0.05) is 6.42 Å². The minimum Gasteiger partial charge on any atom is -0.398 e. The molecule has 0 bridgehead atoms. The standard InChI is InChI=1S/C14H19FN2OS/c1-8-10(15)6-9(7-11(8)16)14(18)17-12-4-3-5-13(12)19-2/h6-7,12-13H,3-5,16H2,1-2H3,(H,17,18). The van der Waals surface area contributed by atoms with Crippen molar-refractivity contribution >= 4 is 23.4 Å². The minimum absolute atomic E-state index is 0.174. The first-order valence-corrected chi connectivity index (χ1v) is 7.71. The minimum atomic E-state index is -0.432. The molecule has 0 spiro atoms. The monoisotopic (exact) mass is 282 g/mol. The normalized spacial score (nSPS) is 22.5. The quantitative estimate of drug-likeness (QED) is 0.838. The Hall–Kier alpha value is -1.23. The molecule has 1 aliphatic carbocycles. The summed E-state index contributed by atoms with van der Waals surface area (Å²) < 4.78 is 13.6. The lowest BCUT2D eigenvalue weighted by molar-refractivity contribution is 0.0938. The number of halogens is 1. The van der Waals surface area contributed by atoms with Crippen molar-refractivity contribution < 1.29 is 9.18 Å². The van der Waals surface area contributed by atoms with Crippen LogP contribution >= 0.6 is 11.8 Å². The van der Waals surface area contributed by atoms with E-state index in [-0.39, 0.29) is 11.9 Å². The van der Waals surface area contributed by atoms with Crippen LogP contribution in [-0.4, -0.2) is 23.5 Å². The first-order chi connectivity index (χ1) is 9.02. The van der Waals surface area contributed by atoms with Gasteiger partial charge in [0.2, 0.25) is 0 Å². The summed E-state index contributed by atoms with van der Waals surface area (Å²) in [5, 5.41) is 3.44. The summed E-state index contributed by atoms with van der Waals surface area (Å²) in [6, 6.07) is 2.97. The second-order valence-corrected chi connectivity index (χ2v) is 6.03. The van der Waals surface area contributed by atoms with Gasteiger partial charge in [0.25, 0.3) is 5.91 Å². The van der Waals surface area contributed by atoms with E-state index in [1.165, 1.54) is 12.1 Å². The molecule has 5 heteroatoms. The van der Waals surface area contributed by atoms with E-state index in [0.717, 1.165) is 19.3 Å². The third-order valence-electron chi connectivity index (χ3n) is 3.72. The zero-order chi connectivity index (χ0) is 14.0. The highest BCUT2D eigenvalue weighted by Crippen LogP contribution is 2.28. The van der Waals surface area contributed by atoms with Gasteiger partial charge in [-0.15, -0.1) is 0 Å². The number of carbonyl (C=O) groups excluding carboxylic acids is 1. The average molecular weight is 282 g/mol. The number of thioether (sulfide) groups is 1. The zero-order valence-corrected chi connectivity index (χ0v) is 12.0. The molecule has 3 nitrogen and oxygen atoms in total. The maximum atomic E-state index is 13.6. The number of nitrogen functional groups attached to an aromatic ring is 1. The van der Waals surface area contributed by atoms with Crippen molar-refractivity contribution in [3.05, 3.63) is 29.1 Å². The van der Waals surface area contributed by atoms with Gasteiger partial charge in [-0.2, -0.15) is 11.8 Å². The molecule has 0 saturated heterocycles. The van der Waals surface area contributed by atoms with Gasteiger partial charge in [0.15, 0.2) is 0 Å². The Bertz CT molecular complexity index is 469. The molecule has 2 rings (SSSR count). The number of nitrogens with two attached hydrogens (primary N) is 1. The van der Waals surface area contributed by atoms with Crippen LogP contribution in [0.1, 0.15) is 35.2 Å². The van der Waals surface area contributed by atoms with Crippen molar-refractivity contribution in [3.8, 4) is 0 Å². The van der Waals surface area contributed by atoms with Gasteiger partial charge in [0.1, 0.15) is 5.82 Å². The number of hydrogen-bond acceptors (Lipinski definition) is 3. The number of amides is 1. The van der Waals surface area contributed by atoms with Gasteiger partial charge in [-0.05, 0) is 38.2 Å². The molecule has 0 aromatic heterocycles. The molecule has 1 amide bonds. The Morgan fingerprint density at radius 1 is 1.47 bits per heavy atom. The third kappa shape index (κ3) is 3.03. The smallest absolute Gasteiger partial charge is 0.251 e. The fraction of sp³-hybridized carbons (Fsp3) is 0.500. The van der Waals surface area contributed by atoms with Crippen LogP contribution < -0.4 is 11.1 Å². The second kappa shape index (κ2) is 5.82. The maximum absolute atomic E-state index is 13.6. The average Bonchev–Trinajstić information content (AvgIpc) is 2.82. The SMILES string of the molecule is CSC1CCCC1NC(=O)c1cc(N)c(C)c(F)c1. The number of carbonyl (C=O) groups is 1. The molecule has 0 aliphatic heterocycles. The highest BCUT2D eigenvalue weighted by Gasteiger charge is 2.28. The summed E-state index contributed by atoms with van der Waals surface area (Å²) in [6.45, 7) is 1.60. The Kier molecular flexibility index (Phi) is 4.34. The molecule has 1 saturated carbocycles. The van der Waals surface area contributed by atoms with E-state index in [1.54, 1.807) is 18.7 Å². The molecule has 1 aliphatic rings. The number of benzene rings is 1. The van der Waals surface area contributed by atoms with Crippen LogP contribution in [0.15, 0.2) is 12.1 Å². The van der Waals surface area contributed by atoms with Gasteiger partial charge in [0.05, 0.1) is 0 Å². The second-order valence-electron chi connectivity index (χ2n) is 4.96. The van der Waals surface area contributed by atoms with Crippen molar-refractivity contribution in [2.24, 2.45) is 0 Å². The van der Waals surface area contributed by atoms with E-state index in [1.807, 2.05) is 0 Å². The van der Waals surface area contributed by atoms with Crippen LogP contribution in [0, 0.1) is 12.7 Å². The summed E-state index contributed by atoms with van der Waals surface area (Å²) in [6.07, 6.45) is 5.29. The fourth-order valence-corrected chi connectivity index (χ4v) is 3.39. The molecule has 2 atom stereocenters. The van der Waals surface area contributed by atoms with E-state index in [4.69, 9.17) is 5.73 Å². The Morgan fingerprint density at radius 3 is 2.84 bits per heavy atom. The van der Waals surface area contributed by atoms with Crippen LogP contribution in [0.2, 0.25) is 0 Å². The van der Waals surface area contributed by atoms with E-state index >= 15 is 0 Å². The van der Waals surface area contributed by atoms with Gasteiger partial charge >= 0.3 is 0 Å². The van der Waals surface area contributed by atoms with Crippen molar-refractivity contribution in [2.75, 3.05) is 12.0 Å². The van der Waals surface area contributed by atoms with Crippen molar-refractivity contribution in [2.45, 2.75) is 37.5 Å². The molecule has 1 aromatic rings. The van der Waals surface area contributed by atoms with E-state index in [2.05, 4.69) is 11.6 Å². The van der Waals surface area contributed by atoms with Crippen LogP contribution in [0.5, 0.6) is 0 Å². The summed E-state index contributed by atoms with van der Waals surface area (Å²) in [5.41, 5.74) is 6.70. The van der Waals surface area contributed by atoms with Crippen molar-refractivity contribution in [1.29, 1.82) is 0 Å². The number of nitrogens with one attached hydrogen (secondary N) is 1. The molecule has 3 N–H and O–H groups in total. The van der Waals surface area contributed by atoms with Crippen molar-refractivity contribution in [3.63, 3.8) is 0 Å². The molecular weight excluding hydrogens is 263 g/mol. The summed E-state index contributed by atoms with van der Waals surface area (Å²) in [5.74, 6) is -0.672. The van der Waals surface area contributed by atoms with Gasteiger partial charge < -0.3 is 11.1 Å². The third-order valence-corrected chi connectivity index (χ3v) is 4.89. The topological polar surface area (TPSA) is 55.1 Å². The summed E-state index contributed by atoms with van der Waals surface area (Å²) in [7, 11) is 0. The van der Waals surface area contributed by atoms with Crippen LogP contribution in [0.25, 0.3) is 0 Å². The molecule has 0 heterocycles. The van der Waals surface area contributed by atoms with E-state index in [0.29, 0.717) is 22.1 Å².